The van der Waals surface area contributed by atoms with Crippen molar-refractivity contribution in [2.75, 3.05) is 5.75 Å². The van der Waals surface area contributed by atoms with Crippen LogP contribution in [-0.4, -0.2) is 27.9 Å². The molecule has 1 saturated carbocycles. The van der Waals surface area contributed by atoms with Crippen LogP contribution in [0, 0.1) is 11.8 Å². The molecule has 0 saturated heterocycles. The van der Waals surface area contributed by atoms with Crippen LogP contribution in [0.4, 0.5) is 0 Å². The smallest absolute Gasteiger partial charge is 0.230 e. The van der Waals surface area contributed by atoms with E-state index in [0.29, 0.717) is 10.2 Å². The van der Waals surface area contributed by atoms with Gasteiger partial charge in [0.15, 0.2) is 0 Å². The summed E-state index contributed by atoms with van der Waals surface area (Å²) >= 11 is 6.94. The number of hydrogen-bond donors (Lipinski definition) is 2. The van der Waals surface area contributed by atoms with Gasteiger partial charge < -0.3 is 11.1 Å². The largest absolute Gasteiger partial charge is 0.393 e. The number of carbonyl (C=O) groups excluding carboxylic acids is 1. The highest BCUT2D eigenvalue weighted by molar-refractivity contribution is 7.99. The van der Waals surface area contributed by atoms with E-state index < -0.39 is 0 Å². The summed E-state index contributed by atoms with van der Waals surface area (Å²) in [6, 6.07) is 0.290. The first-order valence-electron chi connectivity index (χ1n) is 6.68. The molecule has 0 aromatic carbocycles. The molecule has 1 amide bonds. The fourth-order valence-electron chi connectivity index (χ4n) is 2.54. The van der Waals surface area contributed by atoms with E-state index in [1.54, 1.807) is 0 Å². The van der Waals surface area contributed by atoms with Crippen molar-refractivity contribution < 1.29 is 4.79 Å². The van der Waals surface area contributed by atoms with Gasteiger partial charge in [-0.3, -0.25) is 4.79 Å². The van der Waals surface area contributed by atoms with Gasteiger partial charge in [0.05, 0.1) is 10.9 Å². The monoisotopic (exact) mass is 288 g/mol. The second-order valence-corrected chi connectivity index (χ2v) is 7.15. The average Bonchev–Trinajstić information content (AvgIpc) is 2.65. The van der Waals surface area contributed by atoms with Gasteiger partial charge >= 0.3 is 0 Å². The Kier molecular flexibility index (Phi) is 6.43. The molecule has 0 bridgehead atoms. The van der Waals surface area contributed by atoms with E-state index in [9.17, 15) is 4.79 Å². The Morgan fingerprint density at radius 2 is 2.17 bits per heavy atom. The fourth-order valence-corrected chi connectivity index (χ4v) is 4.11. The Balaban J connectivity index is 2.60. The van der Waals surface area contributed by atoms with E-state index in [1.807, 2.05) is 25.6 Å². The molecule has 0 aromatic heterocycles. The number of rotatable bonds is 6. The zero-order chi connectivity index (χ0) is 13.7. The highest BCUT2D eigenvalue weighted by Crippen LogP contribution is 2.30. The van der Waals surface area contributed by atoms with Gasteiger partial charge in [0, 0.05) is 11.3 Å². The summed E-state index contributed by atoms with van der Waals surface area (Å²) in [5, 5.41) is 3.70. The first-order valence-corrected chi connectivity index (χ1v) is 8.14. The first-order chi connectivity index (χ1) is 8.47. The number of nitrogens with one attached hydrogen (secondary N) is 1. The summed E-state index contributed by atoms with van der Waals surface area (Å²) in [5.41, 5.74) is 5.67. The minimum atomic E-state index is -0.340. The zero-order valence-electron chi connectivity index (χ0n) is 11.4. The van der Waals surface area contributed by atoms with Gasteiger partial charge in [-0.15, -0.1) is 0 Å². The summed E-state index contributed by atoms with van der Waals surface area (Å²) < 4.78 is 0. The summed E-state index contributed by atoms with van der Waals surface area (Å²) in [6.45, 7) is 6.13. The van der Waals surface area contributed by atoms with E-state index in [1.165, 1.54) is 12.8 Å². The molecule has 0 aliphatic heterocycles. The number of thioether (sulfide) groups is 1. The molecule has 1 fully saturated rings. The average molecular weight is 288 g/mol. The van der Waals surface area contributed by atoms with Crippen molar-refractivity contribution in [3.8, 4) is 0 Å². The van der Waals surface area contributed by atoms with E-state index in [2.05, 4.69) is 12.2 Å². The molecule has 0 heterocycles. The summed E-state index contributed by atoms with van der Waals surface area (Å²) in [6.07, 6.45) is 3.47. The van der Waals surface area contributed by atoms with Crippen molar-refractivity contribution in [2.24, 2.45) is 17.6 Å². The van der Waals surface area contributed by atoms with Crippen LogP contribution in [0.1, 0.15) is 40.0 Å². The molecule has 0 spiro atoms. The summed E-state index contributed by atoms with van der Waals surface area (Å²) in [7, 11) is 0. The van der Waals surface area contributed by atoms with Gasteiger partial charge in [-0.1, -0.05) is 39.4 Å². The van der Waals surface area contributed by atoms with Crippen molar-refractivity contribution in [3.63, 3.8) is 0 Å². The van der Waals surface area contributed by atoms with Gasteiger partial charge in [0.25, 0.3) is 0 Å². The number of amides is 1. The van der Waals surface area contributed by atoms with E-state index >= 15 is 0 Å². The minimum Gasteiger partial charge on any atom is -0.393 e. The van der Waals surface area contributed by atoms with Crippen molar-refractivity contribution in [2.45, 2.75) is 51.3 Å². The Bertz CT molecular complexity index is 307. The second kappa shape index (κ2) is 7.34. The van der Waals surface area contributed by atoms with Crippen molar-refractivity contribution in [3.05, 3.63) is 0 Å². The highest BCUT2D eigenvalue weighted by atomic mass is 32.2. The van der Waals surface area contributed by atoms with Gasteiger partial charge in [-0.05, 0) is 24.5 Å². The van der Waals surface area contributed by atoms with Crippen LogP contribution in [0.25, 0.3) is 0 Å². The number of carbonyl (C=O) groups is 1. The van der Waals surface area contributed by atoms with Crippen LogP contribution in [0.3, 0.4) is 0 Å². The van der Waals surface area contributed by atoms with Crippen molar-refractivity contribution in [1.29, 1.82) is 0 Å². The topological polar surface area (TPSA) is 55.1 Å². The molecule has 0 aromatic rings. The third kappa shape index (κ3) is 4.12. The number of thiocarbonyl (C=S) groups is 1. The molecule has 3 unspecified atom stereocenters. The normalized spacial score (nSPS) is 25.1. The Labute approximate surface area is 120 Å². The number of hydrogen-bond acceptors (Lipinski definition) is 3. The standard InChI is InChI=1S/C13H24N2OS2/c1-4-18-10-7-5-6-9(10)15-13(16)11(8(2)3)12(14)17/h8-11H,4-7H2,1-3H3,(H2,14,17)(H,15,16). The molecule has 104 valence electrons. The predicted octanol–water partition coefficient (Wildman–Crippen LogP) is 2.34. The highest BCUT2D eigenvalue weighted by Gasteiger charge is 2.32. The molecule has 1 aliphatic rings. The van der Waals surface area contributed by atoms with Crippen molar-refractivity contribution >= 4 is 34.9 Å². The van der Waals surface area contributed by atoms with Crippen LogP contribution in [0.2, 0.25) is 0 Å². The lowest BCUT2D eigenvalue weighted by Gasteiger charge is -2.25. The molecule has 1 rings (SSSR count). The maximum atomic E-state index is 12.2. The molecule has 1 aliphatic carbocycles. The summed E-state index contributed by atoms with van der Waals surface area (Å²) in [4.78, 5) is 12.5. The Morgan fingerprint density at radius 3 is 2.67 bits per heavy atom. The van der Waals surface area contributed by atoms with Crippen LogP contribution in [-0.2, 0) is 4.79 Å². The van der Waals surface area contributed by atoms with E-state index in [-0.39, 0.29) is 23.8 Å². The van der Waals surface area contributed by atoms with Crippen LogP contribution < -0.4 is 11.1 Å². The van der Waals surface area contributed by atoms with Gasteiger partial charge in [-0.25, -0.2) is 0 Å². The molecule has 5 heteroatoms. The van der Waals surface area contributed by atoms with E-state index in [0.717, 1.165) is 12.2 Å². The Hall–Kier alpha value is -0.290. The lowest BCUT2D eigenvalue weighted by molar-refractivity contribution is -0.124. The summed E-state index contributed by atoms with van der Waals surface area (Å²) in [5.74, 6) is 0.917. The maximum absolute atomic E-state index is 12.2. The molecule has 3 atom stereocenters. The predicted molar refractivity (Wildman–Crippen MR) is 82.8 cm³/mol. The quantitative estimate of drug-likeness (QED) is 0.737. The molecule has 0 radical (unpaired) electrons. The lowest BCUT2D eigenvalue weighted by atomic mass is 9.94. The first kappa shape index (κ1) is 15.8. The maximum Gasteiger partial charge on any atom is 0.230 e. The van der Waals surface area contributed by atoms with Crippen LogP contribution >= 0.6 is 24.0 Å². The third-order valence-electron chi connectivity index (χ3n) is 3.42. The molecular weight excluding hydrogens is 264 g/mol. The van der Waals surface area contributed by atoms with Crippen LogP contribution in [0.15, 0.2) is 0 Å². The molecular formula is C13H24N2OS2. The SMILES string of the molecule is CCSC1CCCC1NC(=O)C(C(N)=S)C(C)C. The molecule has 3 nitrogen and oxygen atoms in total. The van der Waals surface area contributed by atoms with E-state index in [4.69, 9.17) is 18.0 Å². The van der Waals surface area contributed by atoms with Gasteiger partial charge in [0.1, 0.15) is 0 Å². The van der Waals surface area contributed by atoms with Crippen molar-refractivity contribution in [1.82, 2.24) is 5.32 Å². The van der Waals surface area contributed by atoms with Gasteiger partial charge in [-0.2, -0.15) is 11.8 Å². The van der Waals surface area contributed by atoms with Gasteiger partial charge in [0.2, 0.25) is 5.91 Å². The minimum absolute atomic E-state index is 0.00565. The third-order valence-corrected chi connectivity index (χ3v) is 5.00. The molecule has 3 N–H and O–H groups in total. The lowest BCUT2D eigenvalue weighted by Crippen LogP contribution is -2.46. The fraction of sp³-hybridized carbons (Fsp3) is 0.846. The second-order valence-electron chi connectivity index (χ2n) is 5.16. The Morgan fingerprint density at radius 1 is 1.50 bits per heavy atom. The molecule has 18 heavy (non-hydrogen) atoms. The van der Waals surface area contributed by atoms with Crippen LogP contribution in [0.5, 0.6) is 0 Å². The zero-order valence-corrected chi connectivity index (χ0v) is 13.1. The number of nitrogens with two attached hydrogens (primary N) is 1.